The Hall–Kier alpha value is -1.58. The van der Waals surface area contributed by atoms with Crippen LogP contribution < -0.4 is 5.73 Å². The summed E-state index contributed by atoms with van der Waals surface area (Å²) < 4.78 is 4.78. The molecule has 0 spiro atoms. The summed E-state index contributed by atoms with van der Waals surface area (Å²) in [5, 5.41) is 0. The van der Waals surface area contributed by atoms with Crippen LogP contribution in [0.1, 0.15) is 12.5 Å². The zero-order valence-electron chi connectivity index (χ0n) is 7.49. The minimum atomic E-state index is -0.276. The number of aromatic nitrogens is 1. The maximum atomic E-state index is 11.1. The summed E-state index contributed by atoms with van der Waals surface area (Å²) in [4.78, 5) is 14.9. The van der Waals surface area contributed by atoms with Crippen molar-refractivity contribution in [2.24, 2.45) is 0 Å². The highest BCUT2D eigenvalue weighted by Gasteiger charge is 2.06. The zero-order valence-corrected chi connectivity index (χ0v) is 7.49. The molecule has 0 aliphatic carbocycles. The van der Waals surface area contributed by atoms with Crippen molar-refractivity contribution in [2.45, 2.75) is 13.3 Å². The lowest BCUT2D eigenvalue weighted by molar-refractivity contribution is -0.142. The van der Waals surface area contributed by atoms with Crippen molar-refractivity contribution >= 4 is 11.7 Å². The van der Waals surface area contributed by atoms with E-state index in [0.717, 1.165) is 0 Å². The second-order valence-corrected chi connectivity index (χ2v) is 2.56. The molecule has 0 aromatic carbocycles. The van der Waals surface area contributed by atoms with Crippen molar-refractivity contribution in [3.05, 3.63) is 24.0 Å². The van der Waals surface area contributed by atoms with Crippen molar-refractivity contribution in [2.75, 3.05) is 12.3 Å². The lowest BCUT2D eigenvalue weighted by Crippen LogP contribution is -2.09. The molecule has 0 aliphatic rings. The monoisotopic (exact) mass is 180 g/mol. The van der Waals surface area contributed by atoms with Crippen LogP contribution in [-0.2, 0) is 16.0 Å². The van der Waals surface area contributed by atoms with Gasteiger partial charge in [-0.05, 0) is 13.0 Å². The molecule has 1 rings (SSSR count). The number of esters is 1. The number of nitrogens with zero attached hydrogens (tertiary/aromatic N) is 1. The molecule has 0 unspecified atom stereocenters. The van der Waals surface area contributed by atoms with Gasteiger partial charge >= 0.3 is 5.97 Å². The molecule has 0 radical (unpaired) electrons. The summed E-state index contributed by atoms with van der Waals surface area (Å²) in [6, 6.07) is 1.66. The van der Waals surface area contributed by atoms with E-state index in [4.69, 9.17) is 10.5 Å². The number of hydrogen-bond donors (Lipinski definition) is 1. The molecule has 4 heteroatoms. The van der Waals surface area contributed by atoms with Gasteiger partial charge in [0.2, 0.25) is 0 Å². The molecule has 0 amide bonds. The first-order valence-electron chi connectivity index (χ1n) is 4.08. The van der Waals surface area contributed by atoms with Gasteiger partial charge < -0.3 is 10.5 Å². The number of nitrogen functional groups attached to an aromatic ring is 1. The van der Waals surface area contributed by atoms with Crippen molar-refractivity contribution < 1.29 is 9.53 Å². The van der Waals surface area contributed by atoms with Crippen LogP contribution in [0.2, 0.25) is 0 Å². The molecule has 1 aromatic rings. The predicted molar refractivity (Wildman–Crippen MR) is 49.0 cm³/mol. The summed E-state index contributed by atoms with van der Waals surface area (Å²) in [7, 11) is 0. The molecule has 70 valence electrons. The number of carbonyl (C=O) groups is 1. The second-order valence-electron chi connectivity index (χ2n) is 2.56. The molecule has 0 atom stereocenters. The molecule has 1 heterocycles. The zero-order chi connectivity index (χ0) is 9.68. The van der Waals surface area contributed by atoms with E-state index >= 15 is 0 Å². The molecule has 0 bridgehead atoms. The summed E-state index contributed by atoms with van der Waals surface area (Å²) in [6.45, 7) is 2.16. The first-order chi connectivity index (χ1) is 6.24. The lowest BCUT2D eigenvalue weighted by Gasteiger charge is -2.03. The maximum absolute atomic E-state index is 11.1. The fourth-order valence-corrected chi connectivity index (χ4v) is 0.953. The van der Waals surface area contributed by atoms with E-state index in [1.807, 2.05) is 0 Å². The molecule has 0 saturated heterocycles. The fraction of sp³-hybridized carbons (Fsp3) is 0.333. The van der Waals surface area contributed by atoms with E-state index in [1.54, 1.807) is 25.4 Å². The van der Waals surface area contributed by atoms with E-state index < -0.39 is 0 Å². The van der Waals surface area contributed by atoms with Gasteiger partial charge in [-0.25, -0.2) is 0 Å². The standard InChI is InChI=1S/C9H12N2O2/c1-2-13-9(12)5-7-6-11-4-3-8(7)10/h3-4,6H,2,5H2,1H3,(H2,10,11). The molecule has 0 fully saturated rings. The number of nitrogens with two attached hydrogens (primary N) is 1. The highest BCUT2D eigenvalue weighted by atomic mass is 16.5. The Bertz CT molecular complexity index is 299. The van der Waals surface area contributed by atoms with Crippen molar-refractivity contribution in [3.8, 4) is 0 Å². The van der Waals surface area contributed by atoms with E-state index in [2.05, 4.69) is 4.98 Å². The summed E-state index contributed by atoms with van der Waals surface area (Å²) in [5.41, 5.74) is 6.90. The Morgan fingerprint density at radius 1 is 1.69 bits per heavy atom. The lowest BCUT2D eigenvalue weighted by atomic mass is 10.2. The van der Waals surface area contributed by atoms with Crippen LogP contribution in [0.15, 0.2) is 18.5 Å². The first kappa shape index (κ1) is 9.51. The van der Waals surface area contributed by atoms with Crippen LogP contribution in [-0.4, -0.2) is 17.6 Å². The SMILES string of the molecule is CCOC(=O)Cc1cnccc1N. The van der Waals surface area contributed by atoms with Crippen LogP contribution in [0.25, 0.3) is 0 Å². The molecule has 1 aromatic heterocycles. The van der Waals surface area contributed by atoms with Crippen LogP contribution >= 0.6 is 0 Å². The minimum Gasteiger partial charge on any atom is -0.466 e. The molecular weight excluding hydrogens is 168 g/mol. The topological polar surface area (TPSA) is 65.2 Å². The van der Waals surface area contributed by atoms with Gasteiger partial charge in [0.05, 0.1) is 13.0 Å². The van der Waals surface area contributed by atoms with E-state index in [-0.39, 0.29) is 12.4 Å². The Morgan fingerprint density at radius 3 is 3.08 bits per heavy atom. The van der Waals surface area contributed by atoms with Crippen molar-refractivity contribution in [3.63, 3.8) is 0 Å². The molecule has 0 saturated carbocycles. The maximum Gasteiger partial charge on any atom is 0.310 e. The molecule has 4 nitrogen and oxygen atoms in total. The molecule has 13 heavy (non-hydrogen) atoms. The normalized spacial score (nSPS) is 9.62. The van der Waals surface area contributed by atoms with Crippen LogP contribution in [0.4, 0.5) is 5.69 Å². The van der Waals surface area contributed by atoms with Crippen LogP contribution in [0.3, 0.4) is 0 Å². The average Bonchev–Trinajstić information content (AvgIpc) is 2.09. The van der Waals surface area contributed by atoms with Gasteiger partial charge in [-0.1, -0.05) is 0 Å². The van der Waals surface area contributed by atoms with Crippen molar-refractivity contribution in [1.82, 2.24) is 4.98 Å². The Morgan fingerprint density at radius 2 is 2.46 bits per heavy atom. The second kappa shape index (κ2) is 4.45. The number of carbonyl (C=O) groups excluding carboxylic acids is 1. The van der Waals surface area contributed by atoms with Gasteiger partial charge in [-0.15, -0.1) is 0 Å². The number of ether oxygens (including phenoxy) is 1. The number of anilines is 1. The highest BCUT2D eigenvalue weighted by Crippen LogP contribution is 2.09. The van der Waals surface area contributed by atoms with Crippen LogP contribution in [0, 0.1) is 0 Å². The Balaban J connectivity index is 2.63. The van der Waals surface area contributed by atoms with E-state index in [0.29, 0.717) is 17.9 Å². The van der Waals surface area contributed by atoms with Crippen molar-refractivity contribution in [1.29, 1.82) is 0 Å². The summed E-state index contributed by atoms with van der Waals surface area (Å²) in [5.74, 6) is -0.276. The highest BCUT2D eigenvalue weighted by molar-refractivity contribution is 5.74. The van der Waals surface area contributed by atoms with Gasteiger partial charge in [0.25, 0.3) is 0 Å². The molecular formula is C9H12N2O2. The third-order valence-electron chi connectivity index (χ3n) is 1.58. The van der Waals surface area contributed by atoms with Gasteiger partial charge in [0.15, 0.2) is 0 Å². The van der Waals surface area contributed by atoms with E-state index in [1.165, 1.54) is 0 Å². The molecule has 0 aliphatic heterocycles. The Labute approximate surface area is 76.7 Å². The van der Waals surface area contributed by atoms with Gasteiger partial charge in [0.1, 0.15) is 0 Å². The summed E-state index contributed by atoms with van der Waals surface area (Å²) >= 11 is 0. The number of rotatable bonds is 3. The van der Waals surface area contributed by atoms with Gasteiger partial charge in [-0.3, -0.25) is 9.78 Å². The fourth-order valence-electron chi connectivity index (χ4n) is 0.953. The molecule has 2 N–H and O–H groups in total. The predicted octanol–water partition coefficient (Wildman–Crippen LogP) is 0.769. The largest absolute Gasteiger partial charge is 0.466 e. The Kier molecular flexibility index (Phi) is 3.25. The van der Waals surface area contributed by atoms with Gasteiger partial charge in [-0.2, -0.15) is 0 Å². The van der Waals surface area contributed by atoms with Gasteiger partial charge in [0, 0.05) is 23.6 Å². The quantitative estimate of drug-likeness (QED) is 0.698. The minimum absolute atomic E-state index is 0.188. The first-order valence-corrected chi connectivity index (χ1v) is 4.08. The number of pyridine rings is 1. The van der Waals surface area contributed by atoms with Crippen LogP contribution in [0.5, 0.6) is 0 Å². The van der Waals surface area contributed by atoms with E-state index in [9.17, 15) is 4.79 Å². The average molecular weight is 180 g/mol. The smallest absolute Gasteiger partial charge is 0.310 e. The third kappa shape index (κ3) is 2.74. The summed E-state index contributed by atoms with van der Waals surface area (Å²) in [6.07, 6.45) is 3.35. The number of hydrogen-bond acceptors (Lipinski definition) is 4. The third-order valence-corrected chi connectivity index (χ3v) is 1.58.